The van der Waals surface area contributed by atoms with E-state index in [2.05, 4.69) is 11.9 Å². The van der Waals surface area contributed by atoms with Gasteiger partial charge in [-0.3, -0.25) is 9.59 Å². The Morgan fingerprint density at radius 2 is 2.06 bits per heavy atom. The van der Waals surface area contributed by atoms with E-state index >= 15 is 0 Å². The lowest BCUT2D eigenvalue weighted by molar-refractivity contribution is -0.136. The van der Waals surface area contributed by atoms with Crippen LogP contribution in [-0.2, 0) is 9.59 Å². The maximum Gasteiger partial charge on any atom is 0.307 e. The normalized spacial score (nSPS) is 12.1. The van der Waals surface area contributed by atoms with Crippen LogP contribution in [0, 0.1) is 0 Å². The van der Waals surface area contributed by atoms with Gasteiger partial charge in [-0.05, 0) is 12.2 Å². The summed E-state index contributed by atoms with van der Waals surface area (Å²) in [5, 5.41) is 19.4. The van der Waals surface area contributed by atoms with E-state index in [4.69, 9.17) is 21.8 Å². The van der Waals surface area contributed by atoms with Crippen LogP contribution in [0.4, 0.5) is 0 Å². The van der Waals surface area contributed by atoms with Crippen molar-refractivity contribution in [3.8, 4) is 0 Å². The first kappa shape index (κ1) is 14.4. The third kappa shape index (κ3) is 6.00. The summed E-state index contributed by atoms with van der Waals surface area (Å²) in [4.78, 5) is 21.2. The number of aliphatic hydroxyl groups is 1. The Bertz CT molecular complexity index is 347. The highest BCUT2D eigenvalue weighted by atomic mass is 35.5. The van der Waals surface area contributed by atoms with E-state index in [1.165, 1.54) is 18.2 Å². The van der Waals surface area contributed by atoms with Crippen LogP contribution < -0.4 is 5.32 Å². The predicted octanol–water partition coefficient (Wildman–Crippen LogP) is 0.762. The molecule has 3 N–H and O–H groups in total. The number of aliphatic carboxylic acids is 1. The molecule has 0 heterocycles. The summed E-state index contributed by atoms with van der Waals surface area (Å²) >= 11 is 5.71. The lowest BCUT2D eigenvalue weighted by atomic mass is 10.3. The molecular weight excluding hydrogens is 234 g/mol. The molecule has 0 saturated heterocycles. The minimum Gasteiger partial charge on any atom is -0.481 e. The zero-order valence-corrected chi connectivity index (χ0v) is 9.20. The Balaban J connectivity index is 4.70. The summed E-state index contributed by atoms with van der Waals surface area (Å²) < 4.78 is 0. The Morgan fingerprint density at radius 3 is 2.50 bits per heavy atom. The van der Waals surface area contributed by atoms with Gasteiger partial charge in [-0.15, -0.1) is 0 Å². The molecule has 16 heavy (non-hydrogen) atoms. The molecule has 0 aromatic carbocycles. The molecular formula is C10H12ClNO4. The molecule has 1 amide bonds. The Kier molecular flexibility index (Phi) is 6.91. The molecule has 0 spiro atoms. The fourth-order valence-electron chi connectivity index (χ4n) is 0.758. The van der Waals surface area contributed by atoms with E-state index in [1.807, 2.05) is 0 Å². The van der Waals surface area contributed by atoms with Crippen LogP contribution in [0.15, 0.2) is 35.5 Å². The number of aliphatic hydroxyl groups excluding tert-OH is 1. The topological polar surface area (TPSA) is 86.6 Å². The molecule has 5 nitrogen and oxygen atoms in total. The first-order valence-electron chi connectivity index (χ1n) is 4.32. The van der Waals surface area contributed by atoms with Gasteiger partial charge in [-0.25, -0.2) is 0 Å². The van der Waals surface area contributed by atoms with Crippen molar-refractivity contribution in [1.82, 2.24) is 5.32 Å². The van der Waals surface area contributed by atoms with Gasteiger partial charge in [-0.2, -0.15) is 0 Å². The second-order valence-electron chi connectivity index (χ2n) is 2.67. The Hall–Kier alpha value is -1.59. The zero-order valence-electron chi connectivity index (χ0n) is 8.44. The second kappa shape index (κ2) is 7.67. The summed E-state index contributed by atoms with van der Waals surface area (Å²) in [7, 11) is 0. The molecule has 0 radical (unpaired) electrons. The van der Waals surface area contributed by atoms with E-state index in [-0.39, 0.29) is 17.2 Å². The van der Waals surface area contributed by atoms with Crippen LogP contribution in [0.1, 0.15) is 6.42 Å². The molecule has 0 aliphatic carbocycles. The number of halogens is 1. The molecule has 6 heteroatoms. The predicted molar refractivity (Wildman–Crippen MR) is 59.7 cm³/mol. The smallest absolute Gasteiger partial charge is 0.307 e. The van der Waals surface area contributed by atoms with Crippen molar-refractivity contribution in [1.29, 1.82) is 0 Å². The SMILES string of the molecule is C=C/C(Cl)=C(\C=C/CC(=O)O)NC(=O)CO. The molecule has 0 rings (SSSR count). The van der Waals surface area contributed by atoms with Crippen molar-refractivity contribution < 1.29 is 19.8 Å². The van der Waals surface area contributed by atoms with Gasteiger partial charge in [0.1, 0.15) is 6.61 Å². The average molecular weight is 246 g/mol. The van der Waals surface area contributed by atoms with Crippen molar-refractivity contribution in [2.45, 2.75) is 6.42 Å². The number of carbonyl (C=O) groups excluding carboxylic acids is 1. The van der Waals surface area contributed by atoms with Gasteiger partial charge in [0.2, 0.25) is 5.91 Å². The van der Waals surface area contributed by atoms with Crippen LogP contribution in [0.2, 0.25) is 0 Å². The van der Waals surface area contributed by atoms with E-state index in [1.54, 1.807) is 0 Å². The molecule has 0 unspecified atom stereocenters. The van der Waals surface area contributed by atoms with E-state index in [0.717, 1.165) is 0 Å². The first-order chi connectivity index (χ1) is 7.51. The summed E-state index contributed by atoms with van der Waals surface area (Å²) in [6.45, 7) is 2.72. The number of allylic oxidation sites excluding steroid dienone is 3. The maximum atomic E-state index is 10.9. The largest absolute Gasteiger partial charge is 0.481 e. The van der Waals surface area contributed by atoms with Crippen LogP contribution in [-0.4, -0.2) is 28.7 Å². The summed E-state index contributed by atoms with van der Waals surface area (Å²) in [6, 6.07) is 0. The Labute approximate surface area is 97.7 Å². The van der Waals surface area contributed by atoms with Crippen molar-refractivity contribution in [3.05, 3.63) is 35.5 Å². The standard InChI is InChI=1S/C10H12ClNO4/c1-2-7(11)8(12-9(14)6-13)4-3-5-10(15)16/h2-4,13H,1,5-6H2,(H,12,14)(H,15,16)/b4-3-,8-7-. The number of hydrogen-bond donors (Lipinski definition) is 3. The average Bonchev–Trinajstić information content (AvgIpc) is 2.25. The summed E-state index contributed by atoms with van der Waals surface area (Å²) in [5.74, 6) is -1.64. The highest BCUT2D eigenvalue weighted by molar-refractivity contribution is 6.31. The van der Waals surface area contributed by atoms with Gasteiger partial charge in [0.15, 0.2) is 0 Å². The van der Waals surface area contributed by atoms with Crippen molar-refractivity contribution >= 4 is 23.5 Å². The fourth-order valence-corrected chi connectivity index (χ4v) is 0.869. The van der Waals surface area contributed by atoms with Crippen molar-refractivity contribution in [2.75, 3.05) is 6.61 Å². The number of nitrogens with one attached hydrogen (secondary N) is 1. The molecule has 0 fully saturated rings. The number of amides is 1. The van der Waals surface area contributed by atoms with Gasteiger partial charge in [0, 0.05) is 0 Å². The molecule has 0 aromatic heterocycles. The van der Waals surface area contributed by atoms with Gasteiger partial charge < -0.3 is 15.5 Å². The molecule has 0 aliphatic heterocycles. The molecule has 0 saturated carbocycles. The maximum absolute atomic E-state index is 10.9. The van der Waals surface area contributed by atoms with Crippen LogP contribution in [0.5, 0.6) is 0 Å². The molecule has 0 aliphatic rings. The molecule has 0 bridgehead atoms. The quantitative estimate of drug-likeness (QED) is 0.603. The van der Waals surface area contributed by atoms with E-state index < -0.39 is 18.5 Å². The minimum absolute atomic E-state index is 0.156. The number of hydrogen-bond acceptors (Lipinski definition) is 3. The zero-order chi connectivity index (χ0) is 12.6. The van der Waals surface area contributed by atoms with E-state index in [0.29, 0.717) is 0 Å². The van der Waals surface area contributed by atoms with Gasteiger partial charge in [0.25, 0.3) is 0 Å². The number of carboxylic acids is 1. The first-order valence-corrected chi connectivity index (χ1v) is 4.70. The molecule has 0 atom stereocenters. The van der Waals surface area contributed by atoms with Gasteiger partial charge >= 0.3 is 5.97 Å². The second-order valence-corrected chi connectivity index (χ2v) is 3.08. The summed E-state index contributed by atoms with van der Waals surface area (Å²) in [5.41, 5.74) is 0.192. The molecule has 0 aromatic rings. The van der Waals surface area contributed by atoms with Crippen LogP contribution in [0.25, 0.3) is 0 Å². The highest BCUT2D eigenvalue weighted by Crippen LogP contribution is 2.09. The number of rotatable bonds is 6. The monoisotopic (exact) mass is 245 g/mol. The number of carboxylic acid groups (broad SMARTS) is 1. The van der Waals surface area contributed by atoms with Gasteiger partial charge in [0.05, 0.1) is 17.2 Å². The Morgan fingerprint density at radius 1 is 1.44 bits per heavy atom. The summed E-state index contributed by atoms with van der Waals surface area (Å²) in [6.07, 6.45) is 3.76. The minimum atomic E-state index is -1.00. The number of carbonyl (C=O) groups is 2. The third-order valence-corrected chi connectivity index (χ3v) is 1.79. The van der Waals surface area contributed by atoms with Crippen molar-refractivity contribution in [3.63, 3.8) is 0 Å². The third-order valence-electron chi connectivity index (χ3n) is 1.43. The lowest BCUT2D eigenvalue weighted by Gasteiger charge is -2.05. The highest BCUT2D eigenvalue weighted by Gasteiger charge is 2.03. The van der Waals surface area contributed by atoms with Crippen LogP contribution in [0.3, 0.4) is 0 Å². The van der Waals surface area contributed by atoms with Crippen molar-refractivity contribution in [2.24, 2.45) is 0 Å². The fraction of sp³-hybridized carbons (Fsp3) is 0.200. The lowest BCUT2D eigenvalue weighted by Crippen LogP contribution is -2.25. The van der Waals surface area contributed by atoms with E-state index in [9.17, 15) is 9.59 Å². The molecule has 88 valence electrons. The van der Waals surface area contributed by atoms with Crippen LogP contribution >= 0.6 is 11.6 Å². The van der Waals surface area contributed by atoms with Gasteiger partial charge in [-0.1, -0.05) is 24.3 Å².